The first kappa shape index (κ1) is 22.9. The van der Waals surface area contributed by atoms with Crippen molar-refractivity contribution < 1.29 is 4.79 Å². The Labute approximate surface area is 193 Å². The summed E-state index contributed by atoms with van der Waals surface area (Å²) in [6, 6.07) is 14.1. The second-order valence-electron chi connectivity index (χ2n) is 7.87. The van der Waals surface area contributed by atoms with Crippen LogP contribution in [0.3, 0.4) is 0 Å². The van der Waals surface area contributed by atoms with Crippen LogP contribution in [0.15, 0.2) is 42.5 Å². The van der Waals surface area contributed by atoms with Crippen LogP contribution in [0.5, 0.6) is 0 Å². The third-order valence-electron chi connectivity index (χ3n) is 5.57. The third-order valence-corrected chi connectivity index (χ3v) is 5.81. The Balaban J connectivity index is 1.38. The number of carbonyl (C=O) groups is 1. The van der Waals surface area contributed by atoms with Gasteiger partial charge in [0.25, 0.3) is 0 Å². The molecule has 0 radical (unpaired) electrons. The van der Waals surface area contributed by atoms with Crippen LogP contribution in [0.1, 0.15) is 16.7 Å². The van der Waals surface area contributed by atoms with Gasteiger partial charge in [0.15, 0.2) is 0 Å². The lowest BCUT2D eigenvalue weighted by atomic mass is 9.99. The molecule has 172 valence electrons. The van der Waals surface area contributed by atoms with Crippen LogP contribution in [-0.4, -0.2) is 44.2 Å². The molecule has 1 amide bonds. The Bertz CT molecular complexity index is 927. The van der Waals surface area contributed by atoms with Gasteiger partial charge in [-0.05, 0) is 54.9 Å². The van der Waals surface area contributed by atoms with Crippen molar-refractivity contribution in [3.8, 4) is 0 Å². The smallest absolute Gasteiger partial charge is 0.239 e. The lowest BCUT2D eigenvalue weighted by Gasteiger charge is -2.40. The zero-order valence-corrected chi connectivity index (χ0v) is 18.9. The summed E-state index contributed by atoms with van der Waals surface area (Å²) in [5, 5.41) is 26.9. The number of halogens is 1. The minimum Gasteiger partial charge on any atom is -0.357 e. The average Bonchev–Trinajstić information content (AvgIpc) is 2.83. The first-order chi connectivity index (χ1) is 15.6. The van der Waals surface area contributed by atoms with Gasteiger partial charge in [-0.15, -0.1) is 11.6 Å². The zero-order chi connectivity index (χ0) is 22.3. The highest BCUT2D eigenvalue weighted by molar-refractivity contribution is 6.29. The maximum atomic E-state index is 11.5. The summed E-state index contributed by atoms with van der Waals surface area (Å²) in [4.78, 5) is 11.5. The van der Waals surface area contributed by atoms with Crippen molar-refractivity contribution in [1.82, 2.24) is 31.9 Å². The van der Waals surface area contributed by atoms with Gasteiger partial charge in [-0.1, -0.05) is 24.3 Å². The van der Waals surface area contributed by atoms with Gasteiger partial charge in [0, 0.05) is 24.5 Å². The number of fused-ring (bicyclic) bond motifs is 1. The fourth-order valence-corrected chi connectivity index (χ4v) is 4.08. The summed E-state index contributed by atoms with van der Waals surface area (Å²) < 4.78 is 0. The summed E-state index contributed by atoms with van der Waals surface area (Å²) in [6.45, 7) is 2.52. The first-order valence-electron chi connectivity index (χ1n) is 10.9. The molecule has 1 saturated heterocycles. The Morgan fingerprint density at radius 3 is 2.75 bits per heavy atom. The summed E-state index contributed by atoms with van der Waals surface area (Å²) in [7, 11) is 1.91. The standard InChI is InChI=1S/C22H31ClN8O/c1-24-20-29-21(26-12-14-4-2-6-16(10-14)27-19(32)11-23)31-22(30-20)28-18-7-3-5-15-13-25-9-8-17(15)18/h2-7,10,20-22,24-26,28-31H,8-9,11-13H2,1H3,(H,27,32). The number of hydrogen-bond acceptors (Lipinski definition) is 8. The third kappa shape index (κ3) is 5.96. The highest BCUT2D eigenvalue weighted by Crippen LogP contribution is 2.23. The molecule has 0 bridgehead atoms. The van der Waals surface area contributed by atoms with E-state index in [1.165, 1.54) is 11.1 Å². The van der Waals surface area contributed by atoms with Gasteiger partial charge in [-0.25, -0.2) is 0 Å². The molecule has 10 heteroatoms. The molecule has 4 rings (SSSR count). The van der Waals surface area contributed by atoms with E-state index < -0.39 is 0 Å². The second kappa shape index (κ2) is 11.1. The molecule has 32 heavy (non-hydrogen) atoms. The van der Waals surface area contributed by atoms with Gasteiger partial charge in [0.2, 0.25) is 5.91 Å². The van der Waals surface area contributed by atoms with Crippen molar-refractivity contribution in [3.05, 3.63) is 59.2 Å². The Morgan fingerprint density at radius 1 is 1.09 bits per heavy atom. The predicted molar refractivity (Wildman–Crippen MR) is 128 cm³/mol. The monoisotopic (exact) mass is 458 g/mol. The Kier molecular flexibility index (Phi) is 7.93. The van der Waals surface area contributed by atoms with E-state index in [0.29, 0.717) is 6.54 Å². The molecule has 3 atom stereocenters. The van der Waals surface area contributed by atoms with Gasteiger partial charge in [-0.3, -0.25) is 31.4 Å². The topological polar surface area (TPSA) is 113 Å². The van der Waals surface area contributed by atoms with Crippen molar-refractivity contribution in [1.29, 1.82) is 0 Å². The van der Waals surface area contributed by atoms with E-state index in [1.54, 1.807) is 0 Å². The number of nitrogens with one attached hydrogen (secondary N) is 8. The summed E-state index contributed by atoms with van der Waals surface area (Å²) in [6.07, 6.45) is 0.647. The van der Waals surface area contributed by atoms with Crippen molar-refractivity contribution in [2.24, 2.45) is 0 Å². The van der Waals surface area contributed by atoms with Crippen LogP contribution in [-0.2, 0) is 24.3 Å². The molecule has 2 aliphatic heterocycles. The predicted octanol–water partition coefficient (Wildman–Crippen LogP) is 0.564. The Morgan fingerprint density at radius 2 is 1.91 bits per heavy atom. The molecule has 1 fully saturated rings. The van der Waals surface area contributed by atoms with Gasteiger partial charge in [-0.2, -0.15) is 0 Å². The molecule has 8 N–H and O–H groups in total. The molecular weight excluding hydrogens is 428 g/mol. The summed E-state index contributed by atoms with van der Waals surface area (Å²) in [5.74, 6) is -0.283. The van der Waals surface area contributed by atoms with Crippen LogP contribution >= 0.6 is 11.6 Å². The van der Waals surface area contributed by atoms with Crippen molar-refractivity contribution in [2.75, 3.05) is 30.1 Å². The van der Waals surface area contributed by atoms with Crippen LogP contribution < -0.4 is 42.5 Å². The highest BCUT2D eigenvalue weighted by Gasteiger charge is 2.26. The fraction of sp³-hybridized carbons (Fsp3) is 0.409. The molecule has 0 saturated carbocycles. The molecule has 9 nitrogen and oxygen atoms in total. The highest BCUT2D eigenvalue weighted by atomic mass is 35.5. The number of rotatable bonds is 8. The van der Waals surface area contributed by atoms with E-state index in [0.717, 1.165) is 36.4 Å². The van der Waals surface area contributed by atoms with Crippen LogP contribution in [0.2, 0.25) is 0 Å². The van der Waals surface area contributed by atoms with E-state index in [2.05, 4.69) is 60.7 Å². The normalized spacial score (nSPS) is 22.8. The molecule has 2 aromatic carbocycles. The number of benzene rings is 2. The second-order valence-corrected chi connectivity index (χ2v) is 8.13. The lowest BCUT2D eigenvalue weighted by Crippen LogP contribution is -2.75. The molecule has 2 heterocycles. The molecule has 2 aromatic rings. The van der Waals surface area contributed by atoms with E-state index >= 15 is 0 Å². The maximum Gasteiger partial charge on any atom is 0.239 e. The van der Waals surface area contributed by atoms with Gasteiger partial charge < -0.3 is 16.0 Å². The van der Waals surface area contributed by atoms with Gasteiger partial charge >= 0.3 is 0 Å². The first-order valence-corrected chi connectivity index (χ1v) is 11.4. The molecule has 0 aliphatic carbocycles. The van der Waals surface area contributed by atoms with Crippen molar-refractivity contribution >= 4 is 28.9 Å². The van der Waals surface area contributed by atoms with E-state index in [1.807, 2.05) is 31.3 Å². The molecule has 2 aliphatic rings. The summed E-state index contributed by atoms with van der Waals surface area (Å²) in [5.41, 5.74) is 5.64. The van der Waals surface area contributed by atoms with Gasteiger partial charge in [0.05, 0.1) is 0 Å². The van der Waals surface area contributed by atoms with Crippen molar-refractivity contribution in [3.63, 3.8) is 0 Å². The van der Waals surface area contributed by atoms with Crippen LogP contribution in [0, 0.1) is 0 Å². The Hall–Kier alpha value is -2.24. The van der Waals surface area contributed by atoms with Gasteiger partial charge in [0.1, 0.15) is 24.7 Å². The van der Waals surface area contributed by atoms with E-state index in [-0.39, 0.29) is 30.7 Å². The zero-order valence-electron chi connectivity index (χ0n) is 18.1. The minimum absolute atomic E-state index is 0.0632. The number of alkyl halides is 1. The van der Waals surface area contributed by atoms with Crippen LogP contribution in [0.4, 0.5) is 11.4 Å². The maximum absolute atomic E-state index is 11.5. The summed E-state index contributed by atoms with van der Waals surface area (Å²) >= 11 is 5.58. The van der Waals surface area contributed by atoms with E-state index in [9.17, 15) is 4.79 Å². The number of hydrogen-bond donors (Lipinski definition) is 8. The lowest BCUT2D eigenvalue weighted by molar-refractivity contribution is -0.113. The minimum atomic E-state index is -0.219. The van der Waals surface area contributed by atoms with Crippen LogP contribution in [0.25, 0.3) is 0 Å². The van der Waals surface area contributed by atoms with Crippen molar-refractivity contribution in [2.45, 2.75) is 38.4 Å². The average molecular weight is 459 g/mol. The SMILES string of the molecule is CNC1NC(NCc2cccc(NC(=O)CCl)c2)NC(Nc2cccc3c2CCNC3)N1. The van der Waals surface area contributed by atoms with E-state index in [4.69, 9.17) is 11.6 Å². The molecule has 3 unspecified atom stereocenters. The number of anilines is 2. The largest absolute Gasteiger partial charge is 0.357 e. The molecular formula is C22H31ClN8O. The fourth-order valence-electron chi connectivity index (χ4n) is 4.01. The quantitative estimate of drug-likeness (QED) is 0.271. The molecule has 0 aromatic heterocycles. The number of amides is 1. The number of carbonyl (C=O) groups excluding carboxylic acids is 1. The molecule has 0 spiro atoms.